The van der Waals surface area contributed by atoms with E-state index in [-0.39, 0.29) is 5.92 Å². The lowest BCUT2D eigenvalue weighted by molar-refractivity contribution is -0.144. The predicted octanol–water partition coefficient (Wildman–Crippen LogP) is 2.90. The van der Waals surface area contributed by atoms with E-state index in [1.165, 1.54) is 45.2 Å². The average Bonchev–Trinajstić information content (AvgIpc) is 2.37. The number of hydrogen-bond acceptors (Lipinski definition) is 2. The fourth-order valence-corrected chi connectivity index (χ4v) is 4.38. The SMILES string of the molecule is O=C(O)C1CCC(N2CC3(CCCCC3)C2)CC1. The third kappa shape index (κ3) is 2.29. The van der Waals surface area contributed by atoms with Crippen LogP contribution in [0.15, 0.2) is 0 Å². The standard InChI is InChI=1S/C15H25NO2/c17-14(18)12-4-6-13(7-5-12)16-10-15(11-16)8-2-1-3-9-15/h12-13H,1-11H2,(H,17,18). The molecule has 18 heavy (non-hydrogen) atoms. The first-order valence-corrected chi connectivity index (χ1v) is 7.65. The molecule has 3 fully saturated rings. The molecule has 0 bridgehead atoms. The van der Waals surface area contributed by atoms with Crippen LogP contribution in [0.2, 0.25) is 0 Å². The van der Waals surface area contributed by atoms with Gasteiger partial charge in [0.25, 0.3) is 0 Å². The van der Waals surface area contributed by atoms with Crippen molar-refractivity contribution in [1.29, 1.82) is 0 Å². The molecule has 102 valence electrons. The Morgan fingerprint density at radius 3 is 2.17 bits per heavy atom. The summed E-state index contributed by atoms with van der Waals surface area (Å²) in [6, 6.07) is 0.688. The van der Waals surface area contributed by atoms with E-state index in [0.717, 1.165) is 25.7 Å². The number of carboxylic acid groups (broad SMARTS) is 1. The Labute approximate surface area is 110 Å². The normalized spacial score (nSPS) is 36.2. The van der Waals surface area contributed by atoms with E-state index < -0.39 is 5.97 Å². The fraction of sp³-hybridized carbons (Fsp3) is 0.933. The number of rotatable bonds is 2. The van der Waals surface area contributed by atoms with Crippen molar-refractivity contribution in [3.63, 3.8) is 0 Å². The number of nitrogens with zero attached hydrogens (tertiary/aromatic N) is 1. The van der Waals surface area contributed by atoms with Crippen LogP contribution < -0.4 is 0 Å². The van der Waals surface area contributed by atoms with Gasteiger partial charge in [-0.1, -0.05) is 19.3 Å². The van der Waals surface area contributed by atoms with Gasteiger partial charge in [0, 0.05) is 19.1 Å². The molecule has 0 aromatic carbocycles. The molecule has 0 amide bonds. The summed E-state index contributed by atoms with van der Waals surface area (Å²) in [4.78, 5) is 13.6. The highest BCUT2D eigenvalue weighted by atomic mass is 16.4. The molecular formula is C15H25NO2. The molecule has 2 aliphatic carbocycles. The predicted molar refractivity (Wildman–Crippen MR) is 70.5 cm³/mol. The van der Waals surface area contributed by atoms with Crippen molar-refractivity contribution < 1.29 is 9.90 Å². The molecule has 0 radical (unpaired) electrons. The minimum atomic E-state index is -0.583. The quantitative estimate of drug-likeness (QED) is 0.820. The van der Waals surface area contributed by atoms with Gasteiger partial charge in [0.15, 0.2) is 0 Å². The first kappa shape index (κ1) is 12.5. The van der Waals surface area contributed by atoms with E-state index >= 15 is 0 Å². The Morgan fingerprint density at radius 1 is 1.00 bits per heavy atom. The van der Waals surface area contributed by atoms with Gasteiger partial charge in [-0.2, -0.15) is 0 Å². The van der Waals surface area contributed by atoms with Crippen LogP contribution in [0.1, 0.15) is 57.8 Å². The summed E-state index contributed by atoms with van der Waals surface area (Å²) < 4.78 is 0. The lowest BCUT2D eigenvalue weighted by atomic mass is 9.67. The zero-order chi connectivity index (χ0) is 12.6. The first-order chi connectivity index (χ1) is 8.69. The van der Waals surface area contributed by atoms with Crippen LogP contribution in [0, 0.1) is 11.3 Å². The monoisotopic (exact) mass is 251 g/mol. The minimum Gasteiger partial charge on any atom is -0.481 e. The molecule has 3 heteroatoms. The van der Waals surface area contributed by atoms with Gasteiger partial charge in [0.2, 0.25) is 0 Å². The van der Waals surface area contributed by atoms with Crippen molar-refractivity contribution >= 4 is 5.97 Å². The van der Waals surface area contributed by atoms with Crippen molar-refractivity contribution in [3.05, 3.63) is 0 Å². The highest BCUT2D eigenvalue weighted by Crippen LogP contribution is 2.46. The lowest BCUT2D eigenvalue weighted by Gasteiger charge is -2.56. The van der Waals surface area contributed by atoms with Crippen LogP contribution >= 0.6 is 0 Å². The highest BCUT2D eigenvalue weighted by Gasteiger charge is 2.46. The number of carboxylic acids is 1. The summed E-state index contributed by atoms with van der Waals surface area (Å²) in [5.41, 5.74) is 0.669. The van der Waals surface area contributed by atoms with Gasteiger partial charge in [-0.3, -0.25) is 9.69 Å². The number of aliphatic carboxylic acids is 1. The van der Waals surface area contributed by atoms with Gasteiger partial charge in [-0.25, -0.2) is 0 Å². The molecule has 2 saturated carbocycles. The molecule has 0 aromatic rings. The number of carbonyl (C=O) groups is 1. The van der Waals surface area contributed by atoms with Crippen molar-refractivity contribution in [2.24, 2.45) is 11.3 Å². The second-order valence-corrected chi connectivity index (χ2v) is 6.81. The molecule has 3 nitrogen and oxygen atoms in total. The summed E-state index contributed by atoms with van der Waals surface area (Å²) >= 11 is 0. The van der Waals surface area contributed by atoms with Gasteiger partial charge in [-0.15, -0.1) is 0 Å². The highest BCUT2D eigenvalue weighted by molar-refractivity contribution is 5.70. The third-order valence-corrected chi connectivity index (χ3v) is 5.55. The van der Waals surface area contributed by atoms with Crippen LogP contribution in [0.5, 0.6) is 0 Å². The molecule has 0 aromatic heterocycles. The summed E-state index contributed by atoms with van der Waals surface area (Å²) in [5, 5.41) is 9.02. The third-order valence-electron chi connectivity index (χ3n) is 5.55. The summed E-state index contributed by atoms with van der Waals surface area (Å²) in [5.74, 6) is -0.646. The molecule has 1 saturated heterocycles. The van der Waals surface area contributed by atoms with Gasteiger partial charge in [-0.05, 0) is 43.9 Å². The second-order valence-electron chi connectivity index (χ2n) is 6.81. The van der Waals surface area contributed by atoms with Crippen molar-refractivity contribution in [1.82, 2.24) is 4.90 Å². The maximum atomic E-state index is 10.9. The smallest absolute Gasteiger partial charge is 0.306 e. The van der Waals surface area contributed by atoms with Gasteiger partial charge >= 0.3 is 5.97 Å². The van der Waals surface area contributed by atoms with E-state index in [0.29, 0.717) is 11.5 Å². The Balaban J connectivity index is 1.46. The molecule has 3 aliphatic rings. The Hall–Kier alpha value is -0.570. The van der Waals surface area contributed by atoms with Gasteiger partial charge in [0.1, 0.15) is 0 Å². The van der Waals surface area contributed by atoms with Crippen molar-refractivity contribution in [2.45, 2.75) is 63.8 Å². The minimum absolute atomic E-state index is 0.0637. The van der Waals surface area contributed by atoms with Gasteiger partial charge in [0.05, 0.1) is 5.92 Å². The van der Waals surface area contributed by atoms with E-state index in [1.807, 2.05) is 0 Å². The topological polar surface area (TPSA) is 40.5 Å². The summed E-state index contributed by atoms with van der Waals surface area (Å²) in [6.07, 6.45) is 11.2. The van der Waals surface area contributed by atoms with E-state index in [2.05, 4.69) is 4.90 Å². The first-order valence-electron chi connectivity index (χ1n) is 7.65. The van der Waals surface area contributed by atoms with E-state index in [1.54, 1.807) is 0 Å². The maximum absolute atomic E-state index is 10.9. The Bertz CT molecular complexity index is 306. The zero-order valence-electron chi connectivity index (χ0n) is 11.2. The molecule has 1 N–H and O–H groups in total. The number of hydrogen-bond donors (Lipinski definition) is 1. The molecule has 1 spiro atoms. The number of likely N-dealkylation sites (tertiary alicyclic amines) is 1. The van der Waals surface area contributed by atoms with Crippen molar-refractivity contribution in [3.8, 4) is 0 Å². The lowest BCUT2D eigenvalue weighted by Crippen LogP contribution is -2.60. The molecule has 3 rings (SSSR count). The Kier molecular flexibility index (Phi) is 3.35. The molecule has 1 aliphatic heterocycles. The van der Waals surface area contributed by atoms with Crippen LogP contribution in [-0.2, 0) is 4.79 Å². The largest absolute Gasteiger partial charge is 0.481 e. The van der Waals surface area contributed by atoms with Crippen LogP contribution in [0.3, 0.4) is 0 Å². The maximum Gasteiger partial charge on any atom is 0.306 e. The van der Waals surface area contributed by atoms with Gasteiger partial charge < -0.3 is 5.11 Å². The van der Waals surface area contributed by atoms with Crippen LogP contribution in [-0.4, -0.2) is 35.1 Å². The molecular weight excluding hydrogens is 226 g/mol. The summed E-state index contributed by atoms with van der Waals surface area (Å²) in [6.45, 7) is 2.60. The van der Waals surface area contributed by atoms with Crippen LogP contribution in [0.25, 0.3) is 0 Å². The molecule has 0 unspecified atom stereocenters. The second kappa shape index (κ2) is 4.84. The average molecular weight is 251 g/mol. The molecule has 1 heterocycles. The zero-order valence-corrected chi connectivity index (χ0v) is 11.2. The fourth-order valence-electron chi connectivity index (χ4n) is 4.38. The Morgan fingerprint density at radius 2 is 1.61 bits per heavy atom. The van der Waals surface area contributed by atoms with E-state index in [4.69, 9.17) is 5.11 Å². The van der Waals surface area contributed by atoms with E-state index in [9.17, 15) is 4.79 Å². The van der Waals surface area contributed by atoms with Crippen molar-refractivity contribution in [2.75, 3.05) is 13.1 Å². The molecule has 0 atom stereocenters. The van der Waals surface area contributed by atoms with Crippen LogP contribution in [0.4, 0.5) is 0 Å². The summed E-state index contributed by atoms with van der Waals surface area (Å²) in [7, 11) is 0.